The molecule has 1 atom stereocenters. The molecule has 0 aromatic rings. The highest BCUT2D eigenvalue weighted by molar-refractivity contribution is 5.80. The fourth-order valence-corrected chi connectivity index (χ4v) is 1.61. The van der Waals surface area contributed by atoms with Crippen molar-refractivity contribution in [1.29, 1.82) is 0 Å². The third-order valence-corrected chi connectivity index (χ3v) is 2.28. The number of hydrogen-bond donors (Lipinski definition) is 1. The number of carbonyl (C=O) groups is 2. The zero-order valence-electron chi connectivity index (χ0n) is 9.63. The van der Waals surface area contributed by atoms with Gasteiger partial charge in [0.2, 0.25) is 0 Å². The van der Waals surface area contributed by atoms with Gasteiger partial charge in [0.05, 0.1) is 0 Å². The highest BCUT2D eigenvalue weighted by Gasteiger charge is 2.23. The van der Waals surface area contributed by atoms with E-state index in [0.29, 0.717) is 31.1 Å². The Hall–Kier alpha value is -1.06. The number of amides is 1. The summed E-state index contributed by atoms with van der Waals surface area (Å²) in [4.78, 5) is 22.3. The Balaban J connectivity index is 2.20. The van der Waals surface area contributed by atoms with Crippen molar-refractivity contribution < 1.29 is 14.3 Å². The van der Waals surface area contributed by atoms with E-state index in [9.17, 15) is 9.59 Å². The van der Waals surface area contributed by atoms with Crippen LogP contribution in [-0.4, -0.2) is 24.0 Å². The third kappa shape index (κ3) is 4.81. The van der Waals surface area contributed by atoms with E-state index >= 15 is 0 Å². The van der Waals surface area contributed by atoms with E-state index in [1.807, 2.05) is 20.8 Å². The summed E-state index contributed by atoms with van der Waals surface area (Å²) in [6.45, 7) is 6.02. The predicted octanol–water partition coefficient (Wildman–Crippen LogP) is 1.88. The molecule has 0 aromatic carbocycles. The van der Waals surface area contributed by atoms with Crippen LogP contribution in [0.2, 0.25) is 0 Å². The van der Waals surface area contributed by atoms with E-state index in [1.165, 1.54) is 0 Å². The van der Waals surface area contributed by atoms with Crippen molar-refractivity contribution in [2.75, 3.05) is 6.54 Å². The topological polar surface area (TPSA) is 55.4 Å². The summed E-state index contributed by atoms with van der Waals surface area (Å²) >= 11 is 0. The maximum Gasteiger partial charge on any atom is 0.407 e. The second-order valence-corrected chi connectivity index (χ2v) is 5.03. The minimum absolute atomic E-state index is 0.296. The molecule has 1 saturated carbocycles. The number of nitrogens with one attached hydrogen (secondary N) is 1. The normalized spacial score (nSPS) is 21.5. The van der Waals surface area contributed by atoms with Crippen LogP contribution in [0.25, 0.3) is 0 Å². The first kappa shape index (κ1) is 12.0. The van der Waals surface area contributed by atoms with E-state index in [2.05, 4.69) is 5.32 Å². The Labute approximate surface area is 90.4 Å². The molecule has 0 radical (unpaired) electrons. The first-order chi connectivity index (χ1) is 6.87. The summed E-state index contributed by atoms with van der Waals surface area (Å²) in [6.07, 6.45) is 1.73. The number of ether oxygens (including phenoxy) is 1. The van der Waals surface area contributed by atoms with Crippen LogP contribution >= 0.6 is 0 Å². The number of rotatable bonds is 2. The number of carbonyl (C=O) groups excluding carboxylic acids is 2. The number of alkyl carbamates (subject to hydrolysis) is 1. The van der Waals surface area contributed by atoms with Gasteiger partial charge in [-0.2, -0.15) is 0 Å². The summed E-state index contributed by atoms with van der Waals surface area (Å²) in [5, 5.41) is 2.69. The monoisotopic (exact) mass is 213 g/mol. The van der Waals surface area contributed by atoms with Gasteiger partial charge in [0.25, 0.3) is 0 Å². The maximum atomic E-state index is 11.3. The first-order valence-corrected chi connectivity index (χ1v) is 5.35. The number of hydrogen-bond acceptors (Lipinski definition) is 3. The van der Waals surface area contributed by atoms with E-state index in [1.54, 1.807) is 0 Å². The van der Waals surface area contributed by atoms with Crippen LogP contribution < -0.4 is 5.32 Å². The van der Waals surface area contributed by atoms with Gasteiger partial charge in [-0.1, -0.05) is 0 Å². The van der Waals surface area contributed by atoms with Crippen LogP contribution in [0.1, 0.15) is 40.0 Å². The molecule has 0 aromatic heterocycles. The highest BCUT2D eigenvalue weighted by atomic mass is 16.6. The Kier molecular flexibility index (Phi) is 3.72. The quantitative estimate of drug-likeness (QED) is 0.762. The molecule has 15 heavy (non-hydrogen) atoms. The lowest BCUT2D eigenvalue weighted by Crippen LogP contribution is -2.34. The lowest BCUT2D eigenvalue weighted by molar-refractivity contribution is -0.117. The fraction of sp³-hybridized carbons (Fsp3) is 0.818. The lowest BCUT2D eigenvalue weighted by Gasteiger charge is -2.20. The molecule has 1 aliphatic carbocycles. The largest absolute Gasteiger partial charge is 0.444 e. The van der Waals surface area contributed by atoms with Gasteiger partial charge in [-0.05, 0) is 33.1 Å². The predicted molar refractivity (Wildman–Crippen MR) is 56.6 cm³/mol. The van der Waals surface area contributed by atoms with Gasteiger partial charge in [-0.15, -0.1) is 0 Å². The molecular formula is C11H19NO3. The Morgan fingerprint density at radius 1 is 1.53 bits per heavy atom. The number of Topliss-reactive ketones (excluding diaryl/α,β-unsaturated/α-hetero) is 1. The molecule has 1 fully saturated rings. The summed E-state index contributed by atoms with van der Waals surface area (Å²) in [7, 11) is 0. The molecule has 0 aliphatic heterocycles. The smallest absolute Gasteiger partial charge is 0.407 e. The van der Waals surface area contributed by atoms with Crippen molar-refractivity contribution in [2.24, 2.45) is 5.92 Å². The standard InChI is InChI=1S/C11H19NO3/c1-11(2,3)15-10(14)12-7-8-4-5-9(13)6-8/h8H,4-7H2,1-3H3,(H,12,14). The molecule has 1 amide bonds. The molecule has 1 unspecified atom stereocenters. The minimum atomic E-state index is -0.463. The molecule has 0 heterocycles. The van der Waals surface area contributed by atoms with Crippen molar-refractivity contribution in [3.8, 4) is 0 Å². The lowest BCUT2D eigenvalue weighted by atomic mass is 10.1. The average Bonchev–Trinajstić information content (AvgIpc) is 2.45. The van der Waals surface area contributed by atoms with Crippen LogP contribution in [0, 0.1) is 5.92 Å². The number of ketones is 1. The van der Waals surface area contributed by atoms with Gasteiger partial charge in [0.1, 0.15) is 11.4 Å². The van der Waals surface area contributed by atoms with E-state index < -0.39 is 11.7 Å². The van der Waals surface area contributed by atoms with Gasteiger partial charge in [-0.3, -0.25) is 4.79 Å². The van der Waals surface area contributed by atoms with Crippen molar-refractivity contribution in [3.05, 3.63) is 0 Å². The van der Waals surface area contributed by atoms with Gasteiger partial charge in [0.15, 0.2) is 0 Å². The SMILES string of the molecule is CC(C)(C)OC(=O)NCC1CCC(=O)C1. The summed E-state index contributed by atoms with van der Waals surface area (Å²) < 4.78 is 5.09. The first-order valence-electron chi connectivity index (χ1n) is 5.35. The molecule has 4 heteroatoms. The maximum absolute atomic E-state index is 11.3. The van der Waals surface area contributed by atoms with Crippen LogP contribution in [0.5, 0.6) is 0 Å². The van der Waals surface area contributed by atoms with Gasteiger partial charge >= 0.3 is 6.09 Å². The van der Waals surface area contributed by atoms with Crippen LogP contribution in [-0.2, 0) is 9.53 Å². The summed E-state index contributed by atoms with van der Waals surface area (Å²) in [6, 6.07) is 0. The van der Waals surface area contributed by atoms with Gasteiger partial charge in [0, 0.05) is 19.4 Å². The van der Waals surface area contributed by atoms with Crippen molar-refractivity contribution in [2.45, 2.75) is 45.6 Å². The molecule has 0 saturated heterocycles. The zero-order valence-corrected chi connectivity index (χ0v) is 9.63. The fourth-order valence-electron chi connectivity index (χ4n) is 1.61. The average molecular weight is 213 g/mol. The molecule has 1 rings (SSSR count). The Bertz CT molecular complexity index is 255. The van der Waals surface area contributed by atoms with Crippen molar-refractivity contribution in [1.82, 2.24) is 5.32 Å². The van der Waals surface area contributed by atoms with E-state index in [-0.39, 0.29) is 0 Å². The van der Waals surface area contributed by atoms with Crippen LogP contribution in [0.15, 0.2) is 0 Å². The van der Waals surface area contributed by atoms with Crippen LogP contribution in [0.4, 0.5) is 4.79 Å². The van der Waals surface area contributed by atoms with Gasteiger partial charge in [-0.25, -0.2) is 4.79 Å². The Morgan fingerprint density at radius 3 is 2.67 bits per heavy atom. The Morgan fingerprint density at radius 2 is 2.20 bits per heavy atom. The molecule has 4 nitrogen and oxygen atoms in total. The van der Waals surface area contributed by atoms with Crippen molar-refractivity contribution >= 4 is 11.9 Å². The molecule has 86 valence electrons. The molecular weight excluding hydrogens is 194 g/mol. The van der Waals surface area contributed by atoms with Gasteiger partial charge < -0.3 is 10.1 Å². The molecule has 0 spiro atoms. The second kappa shape index (κ2) is 4.64. The summed E-state index contributed by atoms with van der Waals surface area (Å²) in [5.41, 5.74) is -0.463. The van der Waals surface area contributed by atoms with E-state index in [4.69, 9.17) is 4.74 Å². The third-order valence-electron chi connectivity index (χ3n) is 2.28. The second-order valence-electron chi connectivity index (χ2n) is 5.03. The van der Waals surface area contributed by atoms with Crippen LogP contribution in [0.3, 0.4) is 0 Å². The molecule has 1 aliphatic rings. The molecule has 0 bridgehead atoms. The molecule has 1 N–H and O–H groups in total. The van der Waals surface area contributed by atoms with E-state index in [0.717, 1.165) is 6.42 Å². The van der Waals surface area contributed by atoms with Crippen molar-refractivity contribution in [3.63, 3.8) is 0 Å². The minimum Gasteiger partial charge on any atom is -0.444 e. The summed E-state index contributed by atoms with van der Waals surface area (Å²) in [5.74, 6) is 0.594. The highest BCUT2D eigenvalue weighted by Crippen LogP contribution is 2.20. The zero-order chi connectivity index (χ0) is 11.5.